The Balaban J connectivity index is 0.00000280. The number of anilines is 1. The second kappa shape index (κ2) is 8.68. The molecule has 1 aliphatic rings. The molecule has 0 aliphatic carbocycles. The minimum atomic E-state index is -4.85. The molecule has 1 aliphatic heterocycles. The van der Waals surface area contributed by atoms with Crippen LogP contribution in [-0.4, -0.2) is 46.9 Å². The van der Waals surface area contributed by atoms with E-state index in [4.69, 9.17) is 0 Å². The van der Waals surface area contributed by atoms with E-state index in [1.807, 2.05) is 29.2 Å². The van der Waals surface area contributed by atoms with E-state index in [1.165, 1.54) is 29.6 Å². The molecule has 1 atom stereocenters. The minimum Gasteiger partial charge on any atom is -0.374 e. The molecule has 0 bridgehead atoms. The number of fused-ring (bicyclic) bond motifs is 1. The first kappa shape index (κ1) is 22.5. The van der Waals surface area contributed by atoms with Crippen molar-refractivity contribution in [2.24, 2.45) is 12.0 Å². The molecule has 2 heterocycles. The minimum absolute atomic E-state index is 0. The number of nitrogens with zero attached hydrogens (tertiary/aromatic N) is 4. The van der Waals surface area contributed by atoms with Crippen LogP contribution < -0.4 is 10.2 Å². The zero-order valence-corrected chi connectivity index (χ0v) is 17.9. The molecule has 0 amide bonds. The quantitative estimate of drug-likeness (QED) is 0.378. The van der Waals surface area contributed by atoms with Crippen LogP contribution in [0.2, 0.25) is 0 Å². The summed E-state index contributed by atoms with van der Waals surface area (Å²) in [4.78, 5) is 9.82. The Morgan fingerprint density at radius 1 is 1.32 bits per heavy atom. The van der Waals surface area contributed by atoms with Crippen molar-refractivity contribution in [2.45, 2.75) is 24.6 Å². The summed E-state index contributed by atoms with van der Waals surface area (Å²) < 4.78 is 41.9. The van der Waals surface area contributed by atoms with E-state index in [2.05, 4.69) is 15.3 Å². The molecule has 3 rings (SSSR count). The fraction of sp³-hybridized carbons (Fsp3) is 0.444. The van der Waals surface area contributed by atoms with Gasteiger partial charge in [0.25, 0.3) is 0 Å². The lowest BCUT2D eigenvalue weighted by Crippen LogP contribution is -2.48. The smallest absolute Gasteiger partial charge is 0.374 e. The number of hydrogen-bond donors (Lipinski definition) is 2. The molecule has 1 aromatic heterocycles. The number of hydrogen-bond acceptors (Lipinski definition) is 3. The highest BCUT2D eigenvalue weighted by molar-refractivity contribution is 14.0. The molecule has 1 aromatic carbocycles. The maximum atomic E-state index is 13.6. The summed E-state index contributed by atoms with van der Waals surface area (Å²) in [5.74, 6) is 0.0441. The van der Waals surface area contributed by atoms with Crippen molar-refractivity contribution in [3.63, 3.8) is 0 Å². The van der Waals surface area contributed by atoms with Crippen LogP contribution in [0.3, 0.4) is 0 Å². The zero-order valence-electron chi connectivity index (χ0n) is 15.6. The van der Waals surface area contributed by atoms with Crippen molar-refractivity contribution < 1.29 is 18.3 Å². The highest BCUT2D eigenvalue weighted by Gasteiger charge is 2.57. The number of aromatic nitrogens is 2. The maximum Gasteiger partial charge on any atom is 0.424 e. The van der Waals surface area contributed by atoms with E-state index in [0.29, 0.717) is 12.5 Å². The number of halogens is 4. The first-order valence-electron chi connectivity index (χ1n) is 8.61. The summed E-state index contributed by atoms with van der Waals surface area (Å²) in [6, 6.07) is 7.84. The summed E-state index contributed by atoms with van der Waals surface area (Å²) in [5, 5.41) is 13.3. The van der Waals surface area contributed by atoms with Gasteiger partial charge in [-0.05, 0) is 18.1 Å². The molecule has 0 saturated carbocycles. The topological polar surface area (TPSA) is 65.7 Å². The highest BCUT2D eigenvalue weighted by atomic mass is 127. The number of aliphatic imine (C=N–C) groups is 1. The lowest BCUT2D eigenvalue weighted by molar-refractivity contribution is -0.272. The molecule has 0 radical (unpaired) electrons. The van der Waals surface area contributed by atoms with Crippen molar-refractivity contribution in [1.29, 1.82) is 0 Å². The molecule has 10 heteroatoms. The van der Waals surface area contributed by atoms with Crippen LogP contribution in [0.4, 0.5) is 18.9 Å². The Hall–Kier alpha value is -1.82. The van der Waals surface area contributed by atoms with Gasteiger partial charge in [-0.25, -0.2) is 4.98 Å². The van der Waals surface area contributed by atoms with Crippen LogP contribution >= 0.6 is 24.0 Å². The fourth-order valence-corrected chi connectivity index (χ4v) is 3.35. The van der Waals surface area contributed by atoms with Crippen LogP contribution in [0.15, 0.2) is 41.7 Å². The zero-order chi connectivity index (χ0) is 19.7. The first-order chi connectivity index (χ1) is 12.8. The molecule has 6 nitrogen and oxygen atoms in total. The second-order valence-electron chi connectivity index (χ2n) is 6.47. The average molecular weight is 509 g/mol. The number of aliphatic hydroxyl groups is 1. The van der Waals surface area contributed by atoms with E-state index >= 15 is 0 Å². The van der Waals surface area contributed by atoms with E-state index in [9.17, 15) is 18.3 Å². The van der Waals surface area contributed by atoms with Gasteiger partial charge in [0, 0.05) is 51.7 Å². The molecule has 1 unspecified atom stereocenters. The molecular formula is C18H23F3IN5O. The van der Waals surface area contributed by atoms with Crippen molar-refractivity contribution in [3.8, 4) is 0 Å². The predicted octanol–water partition coefficient (Wildman–Crippen LogP) is 2.82. The number of guanidine groups is 1. The number of imidazole rings is 1. The first-order valence-corrected chi connectivity index (χ1v) is 8.61. The number of para-hydroxylation sites is 1. The molecular weight excluding hydrogens is 486 g/mol. The maximum absolute atomic E-state index is 13.6. The van der Waals surface area contributed by atoms with E-state index < -0.39 is 24.0 Å². The fourth-order valence-electron chi connectivity index (χ4n) is 3.35. The number of alkyl halides is 3. The average Bonchev–Trinajstić information content (AvgIpc) is 3.24. The summed E-state index contributed by atoms with van der Waals surface area (Å²) >= 11 is 0. The Morgan fingerprint density at radius 2 is 2.04 bits per heavy atom. The van der Waals surface area contributed by atoms with E-state index in [1.54, 1.807) is 7.05 Å². The Bertz CT molecular complexity index is 839. The van der Waals surface area contributed by atoms with Crippen LogP contribution in [0.25, 0.3) is 0 Å². The summed E-state index contributed by atoms with van der Waals surface area (Å²) in [6.45, 7) is 0.579. The Morgan fingerprint density at radius 3 is 2.64 bits per heavy atom. The third kappa shape index (κ3) is 4.12. The number of nitrogens with one attached hydrogen (secondary N) is 1. The second-order valence-corrected chi connectivity index (χ2v) is 6.47. The normalized spacial score (nSPS) is 16.4. The SMILES string of the molecule is CN=C(NCCC(O)(c1nccn1C)C(F)(F)F)N1CCc2ccccc21.I. The van der Waals surface area contributed by atoms with Gasteiger partial charge in [-0.3, -0.25) is 4.99 Å². The molecule has 2 N–H and O–H groups in total. The molecule has 0 fully saturated rings. The van der Waals surface area contributed by atoms with E-state index in [0.717, 1.165) is 12.1 Å². The monoisotopic (exact) mass is 509 g/mol. The predicted molar refractivity (Wildman–Crippen MR) is 112 cm³/mol. The van der Waals surface area contributed by atoms with Crippen LogP contribution in [-0.2, 0) is 19.1 Å². The van der Waals surface area contributed by atoms with Gasteiger partial charge in [0.15, 0.2) is 5.96 Å². The Labute approximate surface area is 178 Å². The van der Waals surface area contributed by atoms with Crippen molar-refractivity contribution in [1.82, 2.24) is 14.9 Å². The third-order valence-electron chi connectivity index (χ3n) is 4.78. The molecule has 2 aromatic rings. The van der Waals surface area contributed by atoms with Gasteiger partial charge in [-0.15, -0.1) is 24.0 Å². The standard InChI is InChI=1S/C18H22F3N5O.HI/c1-22-16(26-11-7-13-5-3-4-6-14(13)26)24-9-8-17(27,18(19,20)21)15-23-10-12-25(15)2;/h3-6,10,12,27H,7-9,11H2,1-2H3,(H,22,24);1H. The third-order valence-corrected chi connectivity index (χ3v) is 4.78. The molecule has 154 valence electrons. The van der Waals surface area contributed by atoms with Crippen LogP contribution in [0.1, 0.15) is 17.8 Å². The lowest BCUT2D eigenvalue weighted by atomic mass is 9.97. The molecule has 0 spiro atoms. The van der Waals surface area contributed by atoms with E-state index in [-0.39, 0.29) is 30.5 Å². The van der Waals surface area contributed by atoms with Crippen molar-refractivity contribution in [3.05, 3.63) is 48.0 Å². The van der Waals surface area contributed by atoms with Gasteiger partial charge >= 0.3 is 6.18 Å². The van der Waals surface area contributed by atoms with Gasteiger partial charge < -0.3 is 19.9 Å². The van der Waals surface area contributed by atoms with Crippen molar-refractivity contribution in [2.75, 3.05) is 25.0 Å². The van der Waals surface area contributed by atoms with Crippen LogP contribution in [0, 0.1) is 0 Å². The van der Waals surface area contributed by atoms with Gasteiger partial charge in [-0.1, -0.05) is 18.2 Å². The number of rotatable bonds is 4. The van der Waals surface area contributed by atoms with Gasteiger partial charge in [-0.2, -0.15) is 13.2 Å². The van der Waals surface area contributed by atoms with Gasteiger partial charge in [0.2, 0.25) is 5.60 Å². The summed E-state index contributed by atoms with van der Waals surface area (Å²) in [5.41, 5.74) is -0.888. The largest absolute Gasteiger partial charge is 0.424 e. The molecule has 0 saturated heterocycles. The van der Waals surface area contributed by atoms with Gasteiger partial charge in [0.1, 0.15) is 5.82 Å². The molecule has 28 heavy (non-hydrogen) atoms. The Kier molecular flexibility index (Phi) is 6.97. The summed E-state index contributed by atoms with van der Waals surface area (Å²) in [7, 11) is 3.00. The lowest BCUT2D eigenvalue weighted by Gasteiger charge is -2.30. The van der Waals surface area contributed by atoms with Crippen molar-refractivity contribution >= 4 is 35.6 Å². The van der Waals surface area contributed by atoms with Crippen LogP contribution in [0.5, 0.6) is 0 Å². The number of benzene rings is 1. The number of aryl methyl sites for hydroxylation is 1. The van der Waals surface area contributed by atoms with Gasteiger partial charge in [0.05, 0.1) is 0 Å². The highest BCUT2D eigenvalue weighted by Crippen LogP contribution is 2.40. The summed E-state index contributed by atoms with van der Waals surface area (Å²) in [6.07, 6.45) is -1.98.